The first-order valence-corrected chi connectivity index (χ1v) is 21.5. The maximum absolute atomic E-state index is 2.45. The van der Waals surface area contributed by atoms with Gasteiger partial charge in [-0.05, 0) is 157 Å². The molecule has 0 aliphatic rings. The van der Waals surface area contributed by atoms with Crippen LogP contribution in [0.15, 0.2) is 243 Å². The van der Waals surface area contributed by atoms with Gasteiger partial charge in [-0.3, -0.25) is 0 Å². The van der Waals surface area contributed by atoms with Gasteiger partial charge in [0.1, 0.15) is 0 Å². The molecule has 0 heteroatoms. The molecule has 0 fully saturated rings. The SMILES string of the molecule is c1ccc(-c2ccc3c(c2)c(-c2ccc(-c4ccc5ccccc5c4)cc2)cc2c4ccc(-c5ccccc5)cc4c(-c4ccc(-c5ccc6ccccc6c5)cc4)cc32)cc1. The molecule has 0 amide bonds. The Bertz CT molecular complexity index is 3390. The van der Waals surface area contributed by atoms with Crippen molar-refractivity contribution in [3.63, 3.8) is 0 Å². The Labute approximate surface area is 361 Å². The predicted molar refractivity (Wildman–Crippen MR) is 267 cm³/mol. The summed E-state index contributed by atoms with van der Waals surface area (Å²) >= 11 is 0. The summed E-state index contributed by atoms with van der Waals surface area (Å²) in [7, 11) is 0. The first kappa shape index (κ1) is 35.8. The van der Waals surface area contributed by atoms with Gasteiger partial charge >= 0.3 is 0 Å². The van der Waals surface area contributed by atoms with Gasteiger partial charge in [-0.15, -0.1) is 0 Å². The molecule has 0 unspecified atom stereocenters. The molecule has 0 heterocycles. The Morgan fingerprint density at radius 3 is 0.871 bits per heavy atom. The molecular weight excluding hydrogens is 745 g/mol. The van der Waals surface area contributed by atoms with E-state index in [0.717, 1.165) is 0 Å². The van der Waals surface area contributed by atoms with E-state index in [1.165, 1.54) is 121 Å². The van der Waals surface area contributed by atoms with Crippen LogP contribution < -0.4 is 0 Å². The quantitative estimate of drug-likeness (QED) is 0.147. The Hall–Kier alpha value is -8.06. The monoisotopic (exact) mass is 784 g/mol. The van der Waals surface area contributed by atoms with Gasteiger partial charge in [-0.25, -0.2) is 0 Å². The highest BCUT2D eigenvalue weighted by Crippen LogP contribution is 2.44. The third kappa shape index (κ3) is 6.33. The zero-order valence-corrected chi connectivity index (χ0v) is 34.1. The van der Waals surface area contributed by atoms with Gasteiger partial charge in [-0.2, -0.15) is 0 Å². The number of hydrogen-bond donors (Lipinski definition) is 0. The molecule has 12 aromatic carbocycles. The summed E-state index contributed by atoms with van der Waals surface area (Å²) in [5.74, 6) is 0. The molecule has 12 aromatic rings. The summed E-state index contributed by atoms with van der Waals surface area (Å²) in [6.07, 6.45) is 0. The van der Waals surface area contributed by atoms with Gasteiger partial charge in [0.25, 0.3) is 0 Å². The van der Waals surface area contributed by atoms with Gasteiger partial charge < -0.3 is 0 Å². The average molecular weight is 785 g/mol. The predicted octanol–water partition coefficient (Wildman–Crippen LogP) is 17.5. The van der Waals surface area contributed by atoms with Crippen LogP contribution in [-0.4, -0.2) is 0 Å². The van der Waals surface area contributed by atoms with Crippen LogP contribution in [0.2, 0.25) is 0 Å². The first-order valence-electron chi connectivity index (χ1n) is 21.5. The molecule has 0 spiro atoms. The molecule has 0 aliphatic heterocycles. The molecule has 0 saturated carbocycles. The van der Waals surface area contributed by atoms with Crippen molar-refractivity contribution >= 4 is 53.9 Å². The molecule has 0 atom stereocenters. The van der Waals surface area contributed by atoms with Crippen LogP contribution in [0, 0.1) is 0 Å². The molecule has 12 rings (SSSR count). The highest BCUT2D eigenvalue weighted by molar-refractivity contribution is 6.24. The van der Waals surface area contributed by atoms with Gasteiger partial charge in [0.2, 0.25) is 0 Å². The van der Waals surface area contributed by atoms with Crippen molar-refractivity contribution in [2.24, 2.45) is 0 Å². The minimum atomic E-state index is 1.20. The maximum Gasteiger partial charge on any atom is -0.00923 e. The van der Waals surface area contributed by atoms with Crippen LogP contribution in [0.5, 0.6) is 0 Å². The number of hydrogen-bond acceptors (Lipinski definition) is 0. The van der Waals surface area contributed by atoms with E-state index < -0.39 is 0 Å². The van der Waals surface area contributed by atoms with E-state index >= 15 is 0 Å². The van der Waals surface area contributed by atoms with E-state index in [9.17, 15) is 0 Å². The van der Waals surface area contributed by atoms with E-state index in [2.05, 4.69) is 243 Å². The fraction of sp³-hybridized carbons (Fsp3) is 0. The van der Waals surface area contributed by atoms with Crippen molar-refractivity contribution in [3.8, 4) is 66.8 Å². The average Bonchev–Trinajstić information content (AvgIpc) is 3.36. The fourth-order valence-corrected chi connectivity index (χ4v) is 9.57. The van der Waals surface area contributed by atoms with Crippen LogP contribution in [-0.2, 0) is 0 Å². The summed E-state index contributed by atoms with van der Waals surface area (Å²) in [4.78, 5) is 0. The van der Waals surface area contributed by atoms with Crippen LogP contribution >= 0.6 is 0 Å². The van der Waals surface area contributed by atoms with E-state index in [-0.39, 0.29) is 0 Å². The minimum Gasteiger partial charge on any atom is -0.0622 e. The van der Waals surface area contributed by atoms with Crippen molar-refractivity contribution < 1.29 is 0 Å². The van der Waals surface area contributed by atoms with Crippen LogP contribution in [0.1, 0.15) is 0 Å². The smallest absolute Gasteiger partial charge is 0.00923 e. The lowest BCUT2D eigenvalue weighted by Crippen LogP contribution is -1.91. The van der Waals surface area contributed by atoms with Crippen LogP contribution in [0.4, 0.5) is 0 Å². The first-order chi connectivity index (χ1) is 30.7. The lowest BCUT2D eigenvalue weighted by atomic mass is 9.85. The second kappa shape index (κ2) is 14.9. The lowest BCUT2D eigenvalue weighted by Gasteiger charge is -2.18. The van der Waals surface area contributed by atoms with E-state index in [0.29, 0.717) is 0 Å². The normalized spacial score (nSPS) is 11.5. The van der Waals surface area contributed by atoms with Crippen molar-refractivity contribution in [3.05, 3.63) is 243 Å². The van der Waals surface area contributed by atoms with Crippen molar-refractivity contribution in [1.29, 1.82) is 0 Å². The maximum atomic E-state index is 2.45. The lowest BCUT2D eigenvalue weighted by molar-refractivity contribution is 1.61. The highest BCUT2D eigenvalue weighted by atomic mass is 14.2. The molecule has 0 bridgehead atoms. The van der Waals surface area contributed by atoms with Crippen molar-refractivity contribution in [2.45, 2.75) is 0 Å². The van der Waals surface area contributed by atoms with Crippen LogP contribution in [0.25, 0.3) is 121 Å². The second-order valence-electron chi connectivity index (χ2n) is 16.5. The molecule has 0 nitrogen and oxygen atoms in total. The van der Waals surface area contributed by atoms with E-state index in [4.69, 9.17) is 0 Å². The summed E-state index contributed by atoms with van der Waals surface area (Å²) in [5.41, 5.74) is 14.6. The topological polar surface area (TPSA) is 0 Å². The standard InChI is InChI=1S/C62H40/c1-3-11-41(12-4-1)53-31-33-55-59(37-53)57(47-25-19-45(20-26-47)51-29-23-43-15-7-9-17-49(43)35-51)39-62-56-34-32-54(42-13-5-2-6-14-42)38-60(56)58(40-61(55)62)48-27-21-46(22-28-48)52-30-24-44-16-8-10-18-50(44)36-52/h1-40H. The molecule has 0 saturated heterocycles. The van der Waals surface area contributed by atoms with Gasteiger partial charge in [0.05, 0.1) is 0 Å². The van der Waals surface area contributed by atoms with Gasteiger partial charge in [-0.1, -0.05) is 206 Å². The van der Waals surface area contributed by atoms with Gasteiger partial charge in [0, 0.05) is 0 Å². The molecule has 0 aromatic heterocycles. The van der Waals surface area contributed by atoms with E-state index in [1.54, 1.807) is 0 Å². The summed E-state index contributed by atoms with van der Waals surface area (Å²) < 4.78 is 0. The third-order valence-electron chi connectivity index (χ3n) is 12.8. The number of benzene rings is 12. The second-order valence-corrected chi connectivity index (χ2v) is 16.5. The highest BCUT2D eigenvalue weighted by Gasteiger charge is 2.17. The Kier molecular flexibility index (Phi) is 8.61. The van der Waals surface area contributed by atoms with E-state index in [1.807, 2.05) is 0 Å². The van der Waals surface area contributed by atoms with Gasteiger partial charge in [0.15, 0.2) is 0 Å². The largest absolute Gasteiger partial charge is 0.0622 e. The van der Waals surface area contributed by atoms with Crippen LogP contribution in [0.3, 0.4) is 0 Å². The number of fused-ring (bicyclic) bond motifs is 7. The molecule has 62 heavy (non-hydrogen) atoms. The summed E-state index contributed by atoms with van der Waals surface area (Å²) in [6, 6.07) is 89.5. The summed E-state index contributed by atoms with van der Waals surface area (Å²) in [5, 5.41) is 12.5. The molecule has 0 N–H and O–H groups in total. The Morgan fingerprint density at radius 1 is 0.145 bits per heavy atom. The third-order valence-corrected chi connectivity index (χ3v) is 12.8. The Morgan fingerprint density at radius 2 is 0.452 bits per heavy atom. The van der Waals surface area contributed by atoms with Crippen molar-refractivity contribution in [2.75, 3.05) is 0 Å². The summed E-state index contributed by atoms with van der Waals surface area (Å²) in [6.45, 7) is 0. The number of rotatable bonds is 6. The molecule has 288 valence electrons. The Balaban J connectivity index is 1.07. The van der Waals surface area contributed by atoms with Crippen molar-refractivity contribution in [1.82, 2.24) is 0 Å². The minimum absolute atomic E-state index is 1.20. The zero-order chi connectivity index (χ0) is 41.0. The molecular formula is C62H40. The zero-order valence-electron chi connectivity index (χ0n) is 34.1. The fourth-order valence-electron chi connectivity index (χ4n) is 9.57. The molecule has 0 radical (unpaired) electrons. The molecule has 0 aliphatic carbocycles.